The number of nitrogens with two attached hydrogens (primary N) is 1. The number of phenolic OH excluding ortho intramolecular Hbond substituents is 1. The summed E-state index contributed by atoms with van der Waals surface area (Å²) in [6.07, 6.45) is 0. The molecule has 0 spiro atoms. The number of ether oxygens (including phenoxy) is 1. The molecule has 1 fully saturated rings. The monoisotopic (exact) mass is 250 g/mol. The van der Waals surface area contributed by atoms with Crippen LogP contribution in [-0.2, 0) is 6.54 Å². The van der Waals surface area contributed by atoms with E-state index in [-0.39, 0.29) is 11.8 Å². The minimum Gasteiger partial charge on any atom is -0.504 e. The number of phenols is 1. The molecule has 1 aromatic carbocycles. The molecule has 1 aliphatic rings. The van der Waals surface area contributed by atoms with Crippen molar-refractivity contribution in [2.75, 3.05) is 19.7 Å². The van der Waals surface area contributed by atoms with Crippen molar-refractivity contribution in [2.45, 2.75) is 26.4 Å². The van der Waals surface area contributed by atoms with Gasteiger partial charge in [-0.1, -0.05) is 13.0 Å². The average molecular weight is 250 g/mol. The number of likely N-dealkylation sites (tertiary alicyclic amines) is 1. The van der Waals surface area contributed by atoms with Gasteiger partial charge >= 0.3 is 0 Å². The third kappa shape index (κ3) is 2.94. The highest BCUT2D eigenvalue weighted by Gasteiger charge is 2.26. The Bertz CT molecular complexity index is 399. The van der Waals surface area contributed by atoms with E-state index in [9.17, 15) is 5.11 Å². The molecule has 4 heteroatoms. The van der Waals surface area contributed by atoms with Crippen LogP contribution in [0.3, 0.4) is 0 Å². The highest BCUT2D eigenvalue weighted by atomic mass is 16.5. The third-order valence-corrected chi connectivity index (χ3v) is 3.48. The summed E-state index contributed by atoms with van der Waals surface area (Å²) in [6, 6.07) is 5.81. The van der Waals surface area contributed by atoms with Crippen LogP contribution in [0.1, 0.15) is 19.4 Å². The molecule has 0 saturated carbocycles. The van der Waals surface area contributed by atoms with Crippen molar-refractivity contribution in [3.05, 3.63) is 23.8 Å². The van der Waals surface area contributed by atoms with Crippen LogP contribution in [0.25, 0.3) is 0 Å². The van der Waals surface area contributed by atoms with Crippen molar-refractivity contribution in [3.8, 4) is 11.5 Å². The lowest BCUT2D eigenvalue weighted by atomic mass is 10.1. The van der Waals surface area contributed by atoms with Crippen molar-refractivity contribution in [1.29, 1.82) is 0 Å². The minimum absolute atomic E-state index is 0.201. The van der Waals surface area contributed by atoms with Gasteiger partial charge in [-0.2, -0.15) is 0 Å². The molecule has 100 valence electrons. The summed E-state index contributed by atoms with van der Waals surface area (Å²) >= 11 is 0. The Morgan fingerprint density at radius 3 is 2.83 bits per heavy atom. The Morgan fingerprint density at radius 2 is 2.22 bits per heavy atom. The zero-order chi connectivity index (χ0) is 13.1. The van der Waals surface area contributed by atoms with E-state index in [1.54, 1.807) is 6.07 Å². The normalized spacial score (nSPS) is 24.4. The van der Waals surface area contributed by atoms with Gasteiger partial charge in [-0.25, -0.2) is 0 Å². The van der Waals surface area contributed by atoms with E-state index in [1.165, 1.54) is 0 Å². The van der Waals surface area contributed by atoms with Gasteiger partial charge in [-0.05, 0) is 30.5 Å². The van der Waals surface area contributed by atoms with Gasteiger partial charge in [0.15, 0.2) is 11.5 Å². The predicted molar refractivity (Wildman–Crippen MR) is 71.7 cm³/mol. The smallest absolute Gasteiger partial charge is 0.161 e. The van der Waals surface area contributed by atoms with Crippen LogP contribution in [0, 0.1) is 5.92 Å². The molecule has 1 aliphatic heterocycles. The van der Waals surface area contributed by atoms with Gasteiger partial charge in [0.2, 0.25) is 0 Å². The lowest BCUT2D eigenvalue weighted by Crippen LogP contribution is -2.28. The molecule has 1 saturated heterocycles. The summed E-state index contributed by atoms with van der Waals surface area (Å²) in [7, 11) is 0. The molecule has 2 rings (SSSR count). The van der Waals surface area contributed by atoms with E-state index in [1.807, 2.05) is 19.1 Å². The molecule has 4 nitrogen and oxygen atoms in total. The highest BCUT2D eigenvalue weighted by Crippen LogP contribution is 2.28. The van der Waals surface area contributed by atoms with E-state index in [0.29, 0.717) is 18.3 Å². The van der Waals surface area contributed by atoms with E-state index < -0.39 is 0 Å². The maximum absolute atomic E-state index is 9.65. The van der Waals surface area contributed by atoms with Crippen molar-refractivity contribution < 1.29 is 9.84 Å². The third-order valence-electron chi connectivity index (χ3n) is 3.48. The first kappa shape index (κ1) is 13.2. The molecule has 2 unspecified atom stereocenters. The van der Waals surface area contributed by atoms with Gasteiger partial charge in [-0.3, -0.25) is 4.90 Å². The number of benzene rings is 1. The molecule has 1 aromatic rings. The Balaban J connectivity index is 2.03. The largest absolute Gasteiger partial charge is 0.504 e. The van der Waals surface area contributed by atoms with E-state index in [0.717, 1.165) is 25.2 Å². The second kappa shape index (κ2) is 5.59. The quantitative estimate of drug-likeness (QED) is 0.851. The van der Waals surface area contributed by atoms with Crippen LogP contribution < -0.4 is 10.5 Å². The number of hydrogen-bond donors (Lipinski definition) is 2. The molecule has 0 amide bonds. The molecule has 18 heavy (non-hydrogen) atoms. The van der Waals surface area contributed by atoms with Crippen LogP contribution in [0.15, 0.2) is 18.2 Å². The van der Waals surface area contributed by atoms with Gasteiger partial charge in [0.25, 0.3) is 0 Å². The number of nitrogens with zero attached hydrogens (tertiary/aromatic N) is 1. The maximum atomic E-state index is 9.65. The van der Waals surface area contributed by atoms with Crippen LogP contribution in [0.4, 0.5) is 0 Å². The number of aromatic hydroxyl groups is 1. The maximum Gasteiger partial charge on any atom is 0.161 e. The Hall–Kier alpha value is -1.26. The van der Waals surface area contributed by atoms with Crippen LogP contribution in [0.5, 0.6) is 11.5 Å². The second-order valence-electron chi connectivity index (χ2n) is 5.07. The molecule has 0 bridgehead atoms. The van der Waals surface area contributed by atoms with Gasteiger partial charge in [0.1, 0.15) is 0 Å². The number of rotatable bonds is 4. The molecule has 3 N–H and O–H groups in total. The first-order valence-electron chi connectivity index (χ1n) is 6.52. The van der Waals surface area contributed by atoms with Crippen LogP contribution >= 0.6 is 0 Å². The summed E-state index contributed by atoms with van der Waals surface area (Å²) in [5, 5.41) is 9.65. The lowest BCUT2D eigenvalue weighted by Gasteiger charge is -2.16. The zero-order valence-electron chi connectivity index (χ0n) is 11.1. The SMILES string of the molecule is CCOc1cc(CN2CC(C)C(N)C2)ccc1O. The zero-order valence-corrected chi connectivity index (χ0v) is 11.1. The van der Waals surface area contributed by atoms with Gasteiger partial charge < -0.3 is 15.6 Å². The lowest BCUT2D eigenvalue weighted by molar-refractivity contribution is 0.308. The van der Waals surface area contributed by atoms with Crippen molar-refractivity contribution >= 4 is 0 Å². The Kier molecular flexibility index (Phi) is 4.09. The van der Waals surface area contributed by atoms with Gasteiger partial charge in [-0.15, -0.1) is 0 Å². The number of hydrogen-bond acceptors (Lipinski definition) is 4. The topological polar surface area (TPSA) is 58.7 Å². The van der Waals surface area contributed by atoms with Crippen LogP contribution in [0.2, 0.25) is 0 Å². The fourth-order valence-electron chi connectivity index (χ4n) is 2.41. The highest BCUT2D eigenvalue weighted by molar-refractivity contribution is 5.41. The summed E-state index contributed by atoms with van der Waals surface area (Å²) in [5.74, 6) is 1.31. The molecule has 1 heterocycles. The summed E-state index contributed by atoms with van der Waals surface area (Å²) in [6.45, 7) is 7.49. The van der Waals surface area contributed by atoms with Gasteiger partial charge in [0, 0.05) is 25.7 Å². The van der Waals surface area contributed by atoms with E-state index in [4.69, 9.17) is 10.5 Å². The minimum atomic E-state index is 0.201. The van der Waals surface area contributed by atoms with Crippen LogP contribution in [-0.4, -0.2) is 35.7 Å². The first-order valence-corrected chi connectivity index (χ1v) is 6.52. The summed E-state index contributed by atoms with van der Waals surface area (Å²) in [4.78, 5) is 2.34. The van der Waals surface area contributed by atoms with Crippen molar-refractivity contribution in [1.82, 2.24) is 4.90 Å². The van der Waals surface area contributed by atoms with E-state index in [2.05, 4.69) is 11.8 Å². The molecule has 2 atom stereocenters. The molecule has 0 aliphatic carbocycles. The standard InChI is InChI=1S/C14H22N2O2/c1-3-18-14-6-11(4-5-13(14)17)8-16-7-10(2)12(15)9-16/h4-6,10,12,17H,3,7-9,15H2,1-2H3. The molecule has 0 aromatic heterocycles. The predicted octanol–water partition coefficient (Wildman–Crippen LogP) is 1.57. The van der Waals surface area contributed by atoms with E-state index >= 15 is 0 Å². The first-order chi connectivity index (χ1) is 8.60. The Morgan fingerprint density at radius 1 is 1.44 bits per heavy atom. The van der Waals surface area contributed by atoms with Crippen molar-refractivity contribution in [3.63, 3.8) is 0 Å². The Labute approximate surface area is 108 Å². The average Bonchev–Trinajstić information content (AvgIpc) is 2.63. The summed E-state index contributed by atoms with van der Waals surface area (Å²) in [5.41, 5.74) is 7.17. The molecular formula is C14H22N2O2. The van der Waals surface area contributed by atoms with Crippen molar-refractivity contribution in [2.24, 2.45) is 11.7 Å². The van der Waals surface area contributed by atoms with Gasteiger partial charge in [0.05, 0.1) is 6.61 Å². The molecular weight excluding hydrogens is 228 g/mol. The molecule has 0 radical (unpaired) electrons. The fourth-order valence-corrected chi connectivity index (χ4v) is 2.41. The summed E-state index contributed by atoms with van der Waals surface area (Å²) < 4.78 is 5.39. The second-order valence-corrected chi connectivity index (χ2v) is 5.07. The fraction of sp³-hybridized carbons (Fsp3) is 0.571.